The number of carboxylic acid groups (broad SMARTS) is 1. The van der Waals surface area contributed by atoms with E-state index in [0.29, 0.717) is 17.9 Å². The molecule has 1 heterocycles. The van der Waals surface area contributed by atoms with Gasteiger partial charge in [0.05, 0.1) is 7.11 Å². The highest BCUT2D eigenvalue weighted by Gasteiger charge is 2.07. The van der Waals surface area contributed by atoms with E-state index >= 15 is 0 Å². The maximum atomic E-state index is 10.9. The molecule has 86 valence electrons. The molecule has 1 N–H and O–H groups in total. The van der Waals surface area contributed by atoms with E-state index in [2.05, 4.69) is 20.9 Å². The molecule has 1 rings (SSSR count). The van der Waals surface area contributed by atoms with Crippen LogP contribution in [0.1, 0.15) is 18.9 Å². The van der Waals surface area contributed by atoms with Gasteiger partial charge in [-0.2, -0.15) is 0 Å². The predicted octanol–water partition coefficient (Wildman–Crippen LogP) is 2.73. The third-order valence-electron chi connectivity index (χ3n) is 2.05. The van der Waals surface area contributed by atoms with E-state index in [0.717, 1.165) is 10.0 Å². The van der Waals surface area contributed by atoms with Crippen molar-refractivity contribution in [3.05, 3.63) is 27.9 Å². The minimum absolute atomic E-state index is 0.342. The summed E-state index contributed by atoms with van der Waals surface area (Å²) >= 11 is 3.31. The summed E-state index contributed by atoms with van der Waals surface area (Å²) in [6, 6.07) is 1.68. The van der Waals surface area contributed by atoms with Crippen LogP contribution in [0.15, 0.2) is 22.3 Å². The minimum atomic E-state index is -0.912. The quantitative estimate of drug-likeness (QED) is 0.864. The van der Waals surface area contributed by atoms with Crippen LogP contribution in [0.25, 0.3) is 6.08 Å². The second-order valence-corrected chi connectivity index (χ2v) is 3.93. The molecule has 0 amide bonds. The van der Waals surface area contributed by atoms with E-state index in [1.165, 1.54) is 7.11 Å². The molecule has 0 unspecified atom stereocenters. The maximum absolute atomic E-state index is 10.9. The summed E-state index contributed by atoms with van der Waals surface area (Å²) in [6.45, 7) is 1.80. The van der Waals surface area contributed by atoms with Crippen molar-refractivity contribution in [2.75, 3.05) is 7.11 Å². The number of ether oxygens (including phenoxy) is 1. The van der Waals surface area contributed by atoms with Gasteiger partial charge in [0.25, 0.3) is 0 Å². The van der Waals surface area contributed by atoms with Gasteiger partial charge in [0.1, 0.15) is 0 Å². The fourth-order valence-corrected chi connectivity index (χ4v) is 1.49. The molecule has 0 aliphatic rings. The van der Waals surface area contributed by atoms with Gasteiger partial charge in [-0.25, -0.2) is 9.78 Å². The summed E-state index contributed by atoms with van der Waals surface area (Å²) in [6.07, 6.45) is 3.66. The third kappa shape index (κ3) is 3.06. The Morgan fingerprint density at radius 3 is 2.88 bits per heavy atom. The first-order chi connectivity index (χ1) is 7.58. The molecular formula is C11H12BrNO3. The number of carboxylic acids is 1. The van der Waals surface area contributed by atoms with Crippen LogP contribution in [0.2, 0.25) is 0 Å². The summed E-state index contributed by atoms with van der Waals surface area (Å²) < 4.78 is 5.71. The van der Waals surface area contributed by atoms with Crippen LogP contribution in [-0.4, -0.2) is 23.2 Å². The Morgan fingerprint density at radius 2 is 2.38 bits per heavy atom. The van der Waals surface area contributed by atoms with Gasteiger partial charge in [-0.1, -0.05) is 6.92 Å². The monoisotopic (exact) mass is 285 g/mol. The van der Waals surface area contributed by atoms with Crippen molar-refractivity contribution < 1.29 is 14.6 Å². The normalized spacial score (nSPS) is 11.3. The maximum Gasteiger partial charge on any atom is 0.331 e. The van der Waals surface area contributed by atoms with E-state index in [1.807, 2.05) is 0 Å². The second-order valence-electron chi connectivity index (χ2n) is 3.08. The van der Waals surface area contributed by atoms with E-state index in [1.54, 1.807) is 25.3 Å². The number of nitrogens with zero attached hydrogens (tertiary/aromatic N) is 1. The zero-order chi connectivity index (χ0) is 12.1. The lowest BCUT2D eigenvalue weighted by Gasteiger charge is -2.04. The van der Waals surface area contributed by atoms with Gasteiger partial charge in [0, 0.05) is 22.3 Å². The van der Waals surface area contributed by atoms with Gasteiger partial charge in [0.2, 0.25) is 5.88 Å². The Bertz CT molecular complexity index is 429. The molecule has 16 heavy (non-hydrogen) atoms. The van der Waals surface area contributed by atoms with E-state index in [9.17, 15) is 4.79 Å². The minimum Gasteiger partial charge on any atom is -0.481 e. The summed E-state index contributed by atoms with van der Waals surface area (Å²) in [7, 11) is 1.52. The molecule has 1 aromatic rings. The number of methoxy groups -OCH3 is 1. The molecule has 0 saturated carbocycles. The van der Waals surface area contributed by atoms with Crippen molar-refractivity contribution in [3.8, 4) is 5.88 Å². The topological polar surface area (TPSA) is 59.4 Å². The summed E-state index contributed by atoms with van der Waals surface area (Å²) in [5, 5.41) is 8.92. The van der Waals surface area contributed by atoms with E-state index in [-0.39, 0.29) is 0 Å². The van der Waals surface area contributed by atoms with Crippen molar-refractivity contribution in [2.24, 2.45) is 0 Å². The Balaban J connectivity index is 3.16. The zero-order valence-electron chi connectivity index (χ0n) is 9.03. The molecule has 0 atom stereocenters. The van der Waals surface area contributed by atoms with Crippen LogP contribution >= 0.6 is 15.9 Å². The number of carbonyl (C=O) groups is 1. The Labute approximate surface area is 102 Å². The number of hydrogen-bond acceptors (Lipinski definition) is 3. The van der Waals surface area contributed by atoms with Crippen LogP contribution in [0.4, 0.5) is 0 Å². The van der Waals surface area contributed by atoms with E-state index < -0.39 is 5.97 Å². The standard InChI is InChI=1S/C11H12BrNO3/c1-3-7(11(14)15)4-8-5-10(16-2)13-6-9(8)12/h4-6H,3H2,1-2H3,(H,14,15)/b7-4+. The number of aromatic nitrogens is 1. The van der Waals surface area contributed by atoms with Crippen molar-refractivity contribution in [2.45, 2.75) is 13.3 Å². The first-order valence-electron chi connectivity index (χ1n) is 4.71. The molecule has 1 aromatic heterocycles. The molecular weight excluding hydrogens is 274 g/mol. The molecule has 0 fully saturated rings. The van der Waals surface area contributed by atoms with Gasteiger partial charge < -0.3 is 9.84 Å². The van der Waals surface area contributed by atoms with Gasteiger partial charge in [-0.15, -0.1) is 0 Å². The molecule has 5 heteroatoms. The van der Waals surface area contributed by atoms with Crippen LogP contribution in [0.3, 0.4) is 0 Å². The fraction of sp³-hybridized carbons (Fsp3) is 0.273. The molecule has 0 radical (unpaired) electrons. The fourth-order valence-electron chi connectivity index (χ4n) is 1.16. The van der Waals surface area contributed by atoms with Crippen LogP contribution in [-0.2, 0) is 4.79 Å². The van der Waals surface area contributed by atoms with Crippen molar-refractivity contribution >= 4 is 28.0 Å². The largest absolute Gasteiger partial charge is 0.481 e. The smallest absolute Gasteiger partial charge is 0.331 e. The molecule has 0 aliphatic carbocycles. The lowest BCUT2D eigenvalue weighted by Crippen LogP contribution is -1.99. The predicted molar refractivity (Wildman–Crippen MR) is 64.4 cm³/mol. The number of hydrogen-bond donors (Lipinski definition) is 1. The van der Waals surface area contributed by atoms with Gasteiger partial charge in [-0.3, -0.25) is 0 Å². The van der Waals surface area contributed by atoms with Crippen molar-refractivity contribution in [1.82, 2.24) is 4.98 Å². The van der Waals surface area contributed by atoms with Crippen molar-refractivity contribution in [3.63, 3.8) is 0 Å². The molecule has 0 saturated heterocycles. The van der Waals surface area contributed by atoms with Gasteiger partial charge in [0.15, 0.2) is 0 Å². The second kappa shape index (κ2) is 5.65. The first kappa shape index (κ1) is 12.7. The molecule has 0 bridgehead atoms. The average Bonchev–Trinajstić information content (AvgIpc) is 2.27. The summed E-state index contributed by atoms with van der Waals surface area (Å²) in [5.41, 5.74) is 1.08. The summed E-state index contributed by atoms with van der Waals surface area (Å²) in [5.74, 6) is -0.458. The van der Waals surface area contributed by atoms with Crippen LogP contribution < -0.4 is 4.74 Å². The van der Waals surface area contributed by atoms with Crippen LogP contribution in [0, 0.1) is 0 Å². The van der Waals surface area contributed by atoms with E-state index in [4.69, 9.17) is 9.84 Å². The number of rotatable bonds is 4. The SMILES string of the molecule is CC/C(=C\c1cc(OC)ncc1Br)C(=O)O. The number of pyridine rings is 1. The van der Waals surface area contributed by atoms with Crippen LogP contribution in [0.5, 0.6) is 5.88 Å². The lowest BCUT2D eigenvalue weighted by atomic mass is 10.1. The number of halogens is 1. The highest BCUT2D eigenvalue weighted by atomic mass is 79.9. The number of aliphatic carboxylic acids is 1. The van der Waals surface area contributed by atoms with Gasteiger partial charge in [-0.05, 0) is 34.0 Å². The highest BCUT2D eigenvalue weighted by Crippen LogP contribution is 2.23. The third-order valence-corrected chi connectivity index (χ3v) is 2.72. The average molecular weight is 286 g/mol. The first-order valence-corrected chi connectivity index (χ1v) is 5.51. The molecule has 0 aliphatic heterocycles. The Kier molecular flexibility index (Phi) is 4.49. The lowest BCUT2D eigenvalue weighted by molar-refractivity contribution is -0.132. The molecule has 0 spiro atoms. The Morgan fingerprint density at radius 1 is 1.69 bits per heavy atom. The highest BCUT2D eigenvalue weighted by molar-refractivity contribution is 9.10. The Hall–Kier alpha value is -1.36. The zero-order valence-corrected chi connectivity index (χ0v) is 10.6. The summed E-state index contributed by atoms with van der Waals surface area (Å²) in [4.78, 5) is 14.9. The van der Waals surface area contributed by atoms with Gasteiger partial charge >= 0.3 is 5.97 Å². The molecule has 4 nitrogen and oxygen atoms in total. The van der Waals surface area contributed by atoms with Crippen molar-refractivity contribution in [1.29, 1.82) is 0 Å². The molecule has 0 aromatic carbocycles.